The van der Waals surface area contributed by atoms with Crippen LogP contribution in [0.1, 0.15) is 22.8 Å². The lowest BCUT2D eigenvalue weighted by molar-refractivity contribution is 0.578. The van der Waals surface area contributed by atoms with E-state index in [1.165, 1.54) is 23.1 Å². The van der Waals surface area contributed by atoms with E-state index >= 15 is 0 Å². The van der Waals surface area contributed by atoms with Gasteiger partial charge in [0.05, 0.1) is 4.90 Å². The van der Waals surface area contributed by atoms with Crippen LogP contribution >= 0.6 is 11.3 Å². The van der Waals surface area contributed by atoms with Crippen LogP contribution in [0.2, 0.25) is 0 Å². The Kier molecular flexibility index (Phi) is 3.40. The second kappa shape index (κ2) is 4.95. The maximum absolute atomic E-state index is 13.0. The minimum atomic E-state index is -3.58. The van der Waals surface area contributed by atoms with Crippen LogP contribution in [0.5, 0.6) is 0 Å². The molecule has 0 radical (unpaired) electrons. The summed E-state index contributed by atoms with van der Waals surface area (Å²) in [5.74, 6) is -0.158. The van der Waals surface area contributed by atoms with Gasteiger partial charge < -0.3 is 0 Å². The van der Waals surface area contributed by atoms with Crippen molar-refractivity contribution in [2.24, 2.45) is 0 Å². The van der Waals surface area contributed by atoms with Gasteiger partial charge in [0.15, 0.2) is 0 Å². The molecule has 2 aromatic rings. The molecule has 106 valence electrons. The molecule has 2 atom stereocenters. The lowest BCUT2D eigenvalue weighted by Gasteiger charge is -2.09. The highest BCUT2D eigenvalue weighted by atomic mass is 32.2. The van der Waals surface area contributed by atoms with Crippen molar-refractivity contribution in [2.45, 2.75) is 30.2 Å². The summed E-state index contributed by atoms with van der Waals surface area (Å²) in [6.45, 7) is 1.60. The predicted octanol–water partition coefficient (Wildman–Crippen LogP) is 3.03. The van der Waals surface area contributed by atoms with Crippen LogP contribution in [0.25, 0.3) is 0 Å². The SMILES string of the molecule is Cc1cc(F)ccc1S(=O)(=O)NC1CC1c1cccs1. The van der Waals surface area contributed by atoms with Gasteiger partial charge in [-0.3, -0.25) is 0 Å². The monoisotopic (exact) mass is 311 g/mol. The van der Waals surface area contributed by atoms with Gasteiger partial charge in [-0.2, -0.15) is 0 Å². The third-order valence-electron chi connectivity index (χ3n) is 3.43. The highest BCUT2D eigenvalue weighted by Crippen LogP contribution is 2.43. The number of aryl methyl sites for hydroxylation is 1. The van der Waals surface area contributed by atoms with E-state index < -0.39 is 15.8 Å². The molecule has 1 fully saturated rings. The highest BCUT2D eigenvalue weighted by molar-refractivity contribution is 7.89. The Morgan fingerprint density at radius 2 is 2.15 bits per heavy atom. The first-order chi connectivity index (χ1) is 9.47. The summed E-state index contributed by atoms with van der Waals surface area (Å²) in [4.78, 5) is 1.35. The Balaban J connectivity index is 1.77. The van der Waals surface area contributed by atoms with Crippen molar-refractivity contribution in [1.82, 2.24) is 4.72 Å². The van der Waals surface area contributed by atoms with Crippen molar-refractivity contribution < 1.29 is 12.8 Å². The van der Waals surface area contributed by atoms with Gasteiger partial charge in [0.2, 0.25) is 10.0 Å². The van der Waals surface area contributed by atoms with E-state index in [1.54, 1.807) is 18.3 Å². The first-order valence-electron chi connectivity index (χ1n) is 6.29. The van der Waals surface area contributed by atoms with Crippen LogP contribution in [-0.4, -0.2) is 14.5 Å². The minimum Gasteiger partial charge on any atom is -0.207 e. The molecule has 0 aliphatic heterocycles. The summed E-state index contributed by atoms with van der Waals surface area (Å²) in [6, 6.07) is 7.66. The van der Waals surface area contributed by atoms with Crippen molar-refractivity contribution in [1.29, 1.82) is 0 Å². The molecule has 1 saturated carbocycles. The largest absolute Gasteiger partial charge is 0.241 e. The number of thiophene rings is 1. The van der Waals surface area contributed by atoms with Crippen LogP contribution in [0, 0.1) is 12.7 Å². The van der Waals surface area contributed by atoms with Gasteiger partial charge in [-0.15, -0.1) is 11.3 Å². The fourth-order valence-corrected chi connectivity index (χ4v) is 4.74. The molecule has 0 spiro atoms. The topological polar surface area (TPSA) is 46.2 Å². The zero-order valence-electron chi connectivity index (χ0n) is 10.8. The van der Waals surface area contributed by atoms with Crippen molar-refractivity contribution in [3.05, 3.63) is 52.0 Å². The summed E-state index contributed by atoms with van der Waals surface area (Å²) in [6.07, 6.45) is 0.819. The average Bonchev–Trinajstić information content (AvgIpc) is 2.89. The Hall–Kier alpha value is -1.24. The molecular formula is C14H14FNO2S2. The number of nitrogens with one attached hydrogen (secondary N) is 1. The summed E-state index contributed by atoms with van der Waals surface area (Å²) < 4.78 is 40.3. The fourth-order valence-electron chi connectivity index (χ4n) is 2.32. The van der Waals surface area contributed by atoms with Crippen molar-refractivity contribution in [3.8, 4) is 0 Å². The second-order valence-electron chi connectivity index (χ2n) is 5.00. The lowest BCUT2D eigenvalue weighted by atomic mass is 10.2. The van der Waals surface area contributed by atoms with Crippen LogP contribution in [0.3, 0.4) is 0 Å². The summed E-state index contributed by atoms with van der Waals surface area (Å²) >= 11 is 1.64. The molecule has 2 unspecified atom stereocenters. The number of hydrogen-bond donors (Lipinski definition) is 1. The molecule has 0 amide bonds. The smallest absolute Gasteiger partial charge is 0.207 e. The van der Waals surface area contributed by atoms with Crippen molar-refractivity contribution in [3.63, 3.8) is 0 Å². The number of sulfonamides is 1. The van der Waals surface area contributed by atoms with Crippen molar-refractivity contribution >= 4 is 21.4 Å². The third kappa shape index (κ3) is 2.63. The third-order valence-corrected chi connectivity index (χ3v) is 6.09. The van der Waals surface area contributed by atoms with E-state index in [9.17, 15) is 12.8 Å². The normalized spacial score (nSPS) is 21.9. The molecule has 20 heavy (non-hydrogen) atoms. The van der Waals surface area contributed by atoms with E-state index in [1.807, 2.05) is 17.5 Å². The number of rotatable bonds is 4. The van der Waals surface area contributed by atoms with Gasteiger partial charge >= 0.3 is 0 Å². The number of halogens is 1. The first kappa shape index (κ1) is 13.7. The molecule has 1 aromatic heterocycles. The van der Waals surface area contributed by atoms with Gasteiger partial charge in [-0.05, 0) is 48.6 Å². The standard InChI is InChI=1S/C14H14FNO2S2/c1-9-7-10(15)4-5-14(9)20(17,18)16-12-8-11(12)13-3-2-6-19-13/h2-7,11-12,16H,8H2,1H3. The molecule has 6 heteroatoms. The zero-order chi connectivity index (χ0) is 14.3. The highest BCUT2D eigenvalue weighted by Gasteiger charge is 2.42. The lowest BCUT2D eigenvalue weighted by Crippen LogP contribution is -2.27. The Morgan fingerprint density at radius 1 is 1.35 bits per heavy atom. The average molecular weight is 311 g/mol. The zero-order valence-corrected chi connectivity index (χ0v) is 12.5. The molecule has 1 aromatic carbocycles. The van der Waals surface area contributed by atoms with Crippen LogP contribution < -0.4 is 4.72 Å². The summed E-state index contributed by atoms with van der Waals surface area (Å²) in [7, 11) is -3.58. The molecule has 1 N–H and O–H groups in total. The molecule has 1 aliphatic carbocycles. The maximum Gasteiger partial charge on any atom is 0.241 e. The van der Waals surface area contributed by atoms with Gasteiger partial charge in [0, 0.05) is 16.8 Å². The predicted molar refractivity (Wildman–Crippen MR) is 76.9 cm³/mol. The molecule has 3 rings (SSSR count). The maximum atomic E-state index is 13.0. The molecule has 0 bridgehead atoms. The van der Waals surface area contributed by atoms with Gasteiger partial charge in [0.25, 0.3) is 0 Å². The van der Waals surface area contributed by atoms with E-state index in [0.29, 0.717) is 5.56 Å². The molecule has 0 saturated heterocycles. The van der Waals surface area contributed by atoms with E-state index in [-0.39, 0.29) is 16.9 Å². The van der Waals surface area contributed by atoms with Crippen molar-refractivity contribution in [2.75, 3.05) is 0 Å². The van der Waals surface area contributed by atoms with Gasteiger partial charge in [-0.1, -0.05) is 6.07 Å². The summed E-state index contributed by atoms with van der Waals surface area (Å²) in [5, 5.41) is 1.99. The van der Waals surface area contributed by atoms with Gasteiger partial charge in [0.1, 0.15) is 5.82 Å². The quantitative estimate of drug-likeness (QED) is 0.943. The minimum absolute atomic E-state index is 0.0527. The van der Waals surface area contributed by atoms with E-state index in [2.05, 4.69) is 4.72 Å². The Morgan fingerprint density at radius 3 is 2.80 bits per heavy atom. The van der Waals surface area contributed by atoms with Crippen LogP contribution in [-0.2, 0) is 10.0 Å². The molecule has 1 heterocycles. The molecule has 1 aliphatic rings. The fraction of sp³-hybridized carbons (Fsp3) is 0.286. The van der Waals surface area contributed by atoms with Crippen LogP contribution in [0.15, 0.2) is 40.6 Å². The number of hydrogen-bond acceptors (Lipinski definition) is 3. The first-order valence-corrected chi connectivity index (χ1v) is 8.65. The Labute approximate surface area is 121 Å². The van der Waals surface area contributed by atoms with E-state index in [0.717, 1.165) is 6.42 Å². The van der Waals surface area contributed by atoms with E-state index in [4.69, 9.17) is 0 Å². The second-order valence-corrected chi connectivity index (χ2v) is 7.66. The molecule has 3 nitrogen and oxygen atoms in total. The number of benzene rings is 1. The van der Waals surface area contributed by atoms with Gasteiger partial charge in [-0.25, -0.2) is 17.5 Å². The molecular weight excluding hydrogens is 297 g/mol. The van der Waals surface area contributed by atoms with Crippen LogP contribution in [0.4, 0.5) is 4.39 Å². The Bertz CT molecular complexity index is 726. The summed E-state index contributed by atoms with van der Waals surface area (Å²) in [5.41, 5.74) is 0.422.